The lowest BCUT2D eigenvalue weighted by molar-refractivity contribution is 0.271. The van der Waals surface area contributed by atoms with Crippen LogP contribution in [0.4, 0.5) is 0 Å². The van der Waals surface area contributed by atoms with E-state index in [0.717, 1.165) is 29.7 Å². The molecule has 1 atom stereocenters. The normalized spacial score (nSPS) is 19.0. The van der Waals surface area contributed by atoms with Crippen LogP contribution in [0.1, 0.15) is 25.3 Å². The minimum atomic E-state index is 0.481. The van der Waals surface area contributed by atoms with Gasteiger partial charge in [-0.15, -0.1) is 0 Å². The highest BCUT2D eigenvalue weighted by Gasteiger charge is 2.24. The fraction of sp³-hybridized carbons (Fsp3) is 0.588. The zero-order chi connectivity index (χ0) is 16.8. The zero-order valence-electron chi connectivity index (χ0n) is 14.3. The summed E-state index contributed by atoms with van der Waals surface area (Å²) in [6, 6.07) is 4.25. The molecular weight excluding hydrogens is 360 g/mol. The lowest BCUT2D eigenvalue weighted by atomic mass is 10.1. The van der Waals surface area contributed by atoms with Crippen molar-refractivity contribution in [2.24, 2.45) is 4.99 Å². The molecule has 0 saturated carbocycles. The molecule has 0 amide bonds. The Morgan fingerprint density at radius 2 is 2.09 bits per heavy atom. The van der Waals surface area contributed by atoms with E-state index >= 15 is 0 Å². The molecule has 1 aromatic carbocycles. The van der Waals surface area contributed by atoms with Gasteiger partial charge in [0.05, 0.1) is 32.3 Å². The summed E-state index contributed by atoms with van der Waals surface area (Å²) in [5, 5.41) is 0. The van der Waals surface area contributed by atoms with E-state index in [2.05, 4.69) is 27.8 Å². The maximum atomic E-state index is 5.56. The molecule has 0 N–H and O–H groups in total. The predicted octanol–water partition coefficient (Wildman–Crippen LogP) is 3.34. The molecule has 2 rings (SSSR count). The van der Waals surface area contributed by atoms with Gasteiger partial charge in [-0.3, -0.25) is 4.90 Å². The SMILES string of the molecule is CCN1CCCC1CN=C(OC)c1c(OC)ccc(Br)c1OC. The molecule has 5 nitrogen and oxygen atoms in total. The van der Waals surface area contributed by atoms with Gasteiger partial charge in [-0.05, 0) is 54.0 Å². The minimum Gasteiger partial charge on any atom is -0.496 e. The van der Waals surface area contributed by atoms with Gasteiger partial charge in [0.25, 0.3) is 0 Å². The molecule has 0 radical (unpaired) electrons. The Labute approximate surface area is 146 Å². The fourth-order valence-corrected chi connectivity index (χ4v) is 3.56. The van der Waals surface area contributed by atoms with Gasteiger partial charge >= 0.3 is 0 Å². The number of hydrogen-bond acceptors (Lipinski definition) is 5. The van der Waals surface area contributed by atoms with Crippen molar-refractivity contribution in [1.29, 1.82) is 0 Å². The Bertz CT molecular complexity index is 563. The lowest BCUT2D eigenvalue weighted by Gasteiger charge is -2.21. The van der Waals surface area contributed by atoms with Gasteiger partial charge in [0.15, 0.2) is 0 Å². The summed E-state index contributed by atoms with van der Waals surface area (Å²) in [5.41, 5.74) is 0.743. The quantitative estimate of drug-likeness (QED) is 0.557. The molecule has 0 aromatic heterocycles. The molecular formula is C17H25BrN2O3. The minimum absolute atomic E-state index is 0.481. The van der Waals surface area contributed by atoms with E-state index < -0.39 is 0 Å². The van der Waals surface area contributed by atoms with Crippen LogP contribution in [0.2, 0.25) is 0 Å². The molecule has 128 valence electrons. The first-order valence-corrected chi connectivity index (χ1v) is 8.68. The average Bonchev–Trinajstić information content (AvgIpc) is 3.03. The van der Waals surface area contributed by atoms with E-state index in [1.54, 1.807) is 21.3 Å². The molecule has 1 unspecified atom stereocenters. The van der Waals surface area contributed by atoms with E-state index in [4.69, 9.17) is 19.2 Å². The zero-order valence-corrected chi connectivity index (χ0v) is 15.9. The first kappa shape index (κ1) is 18.1. The third kappa shape index (κ3) is 3.98. The number of likely N-dealkylation sites (tertiary alicyclic amines) is 1. The van der Waals surface area contributed by atoms with Crippen LogP contribution in [0.3, 0.4) is 0 Å². The first-order chi connectivity index (χ1) is 11.2. The summed E-state index contributed by atoms with van der Waals surface area (Å²) >= 11 is 3.51. The van der Waals surface area contributed by atoms with Gasteiger partial charge in [-0.2, -0.15) is 0 Å². The highest BCUT2D eigenvalue weighted by atomic mass is 79.9. The number of rotatable bonds is 6. The molecule has 1 aromatic rings. The number of methoxy groups -OCH3 is 3. The van der Waals surface area contributed by atoms with Crippen molar-refractivity contribution in [2.75, 3.05) is 41.0 Å². The smallest absolute Gasteiger partial charge is 0.223 e. The van der Waals surface area contributed by atoms with Crippen LogP contribution in [0.5, 0.6) is 11.5 Å². The van der Waals surface area contributed by atoms with Crippen molar-refractivity contribution in [3.63, 3.8) is 0 Å². The number of halogens is 1. The molecule has 1 aliphatic heterocycles. The second-order valence-corrected chi connectivity index (χ2v) is 6.29. The monoisotopic (exact) mass is 384 g/mol. The Kier molecular flexibility index (Phi) is 6.72. The lowest BCUT2D eigenvalue weighted by Crippen LogP contribution is -2.31. The second-order valence-electron chi connectivity index (χ2n) is 5.43. The number of benzene rings is 1. The third-order valence-corrected chi connectivity index (χ3v) is 4.88. The van der Waals surface area contributed by atoms with E-state index in [1.165, 1.54) is 12.8 Å². The van der Waals surface area contributed by atoms with Crippen molar-refractivity contribution < 1.29 is 14.2 Å². The van der Waals surface area contributed by atoms with Gasteiger partial charge in [0.1, 0.15) is 17.1 Å². The van der Waals surface area contributed by atoms with Crippen molar-refractivity contribution in [3.05, 3.63) is 22.2 Å². The van der Waals surface area contributed by atoms with Crippen LogP contribution >= 0.6 is 15.9 Å². The maximum absolute atomic E-state index is 5.56. The molecule has 1 aliphatic rings. The Hall–Kier alpha value is -1.27. The van der Waals surface area contributed by atoms with Gasteiger partial charge in [0.2, 0.25) is 5.90 Å². The van der Waals surface area contributed by atoms with Crippen molar-refractivity contribution >= 4 is 21.8 Å². The highest BCUT2D eigenvalue weighted by Crippen LogP contribution is 2.36. The molecule has 1 fully saturated rings. The van der Waals surface area contributed by atoms with Crippen LogP contribution in [0.25, 0.3) is 0 Å². The first-order valence-electron chi connectivity index (χ1n) is 7.89. The Morgan fingerprint density at radius 1 is 1.30 bits per heavy atom. The van der Waals surface area contributed by atoms with Crippen LogP contribution < -0.4 is 9.47 Å². The summed E-state index contributed by atoms with van der Waals surface area (Å²) in [6.45, 7) is 5.13. The van der Waals surface area contributed by atoms with E-state index in [0.29, 0.717) is 23.4 Å². The molecule has 6 heteroatoms. The standard InChI is InChI=1S/C17H25BrN2O3/c1-5-20-10-6-7-12(20)11-19-17(23-4)15-14(21-2)9-8-13(18)16(15)22-3/h8-9,12H,5-7,10-11H2,1-4H3. The van der Waals surface area contributed by atoms with Crippen molar-refractivity contribution in [3.8, 4) is 11.5 Å². The summed E-state index contributed by atoms with van der Waals surface area (Å²) in [5.74, 6) is 1.90. The third-order valence-electron chi connectivity index (χ3n) is 4.25. The number of hydrogen-bond donors (Lipinski definition) is 0. The summed E-state index contributed by atoms with van der Waals surface area (Å²) in [4.78, 5) is 7.19. The van der Waals surface area contributed by atoms with Gasteiger partial charge in [-0.1, -0.05) is 6.92 Å². The largest absolute Gasteiger partial charge is 0.496 e. The molecule has 23 heavy (non-hydrogen) atoms. The van der Waals surface area contributed by atoms with Gasteiger partial charge in [0, 0.05) is 6.04 Å². The number of nitrogens with zero attached hydrogens (tertiary/aromatic N) is 2. The van der Waals surface area contributed by atoms with Crippen LogP contribution in [0.15, 0.2) is 21.6 Å². The Morgan fingerprint density at radius 3 is 2.70 bits per heavy atom. The highest BCUT2D eigenvalue weighted by molar-refractivity contribution is 9.10. The van der Waals surface area contributed by atoms with Crippen LogP contribution in [0, 0.1) is 0 Å². The number of ether oxygens (including phenoxy) is 3. The van der Waals surface area contributed by atoms with Crippen molar-refractivity contribution in [2.45, 2.75) is 25.8 Å². The van der Waals surface area contributed by atoms with Gasteiger partial charge < -0.3 is 14.2 Å². The number of aliphatic imine (C=N–C) groups is 1. The summed E-state index contributed by atoms with van der Waals surface area (Å²) in [7, 11) is 4.90. The van der Waals surface area contributed by atoms with Gasteiger partial charge in [-0.25, -0.2) is 4.99 Å². The summed E-state index contributed by atoms with van der Waals surface area (Å²) in [6.07, 6.45) is 2.42. The molecule has 0 aliphatic carbocycles. The van der Waals surface area contributed by atoms with E-state index in [9.17, 15) is 0 Å². The predicted molar refractivity (Wildman–Crippen MR) is 95.9 cm³/mol. The van der Waals surface area contributed by atoms with E-state index in [-0.39, 0.29) is 0 Å². The topological polar surface area (TPSA) is 43.3 Å². The van der Waals surface area contributed by atoms with Crippen LogP contribution in [-0.2, 0) is 4.74 Å². The molecule has 1 heterocycles. The van der Waals surface area contributed by atoms with E-state index in [1.807, 2.05) is 12.1 Å². The molecule has 0 bridgehead atoms. The maximum Gasteiger partial charge on any atom is 0.223 e. The van der Waals surface area contributed by atoms with Crippen LogP contribution in [-0.4, -0.2) is 57.8 Å². The average molecular weight is 385 g/mol. The van der Waals surface area contributed by atoms with Crippen molar-refractivity contribution in [1.82, 2.24) is 4.90 Å². The molecule has 0 spiro atoms. The second kappa shape index (κ2) is 8.55. The molecule has 1 saturated heterocycles. The summed E-state index contributed by atoms with van der Waals surface area (Å²) < 4.78 is 17.4. The number of likely N-dealkylation sites (N-methyl/N-ethyl adjacent to an activating group) is 1. The fourth-order valence-electron chi connectivity index (χ4n) is 3.06. The Balaban J connectivity index is 2.33.